The Morgan fingerprint density at radius 2 is 1.53 bits per heavy atom. The summed E-state index contributed by atoms with van der Waals surface area (Å²) in [6.07, 6.45) is 7.86. The highest BCUT2D eigenvalue weighted by Crippen LogP contribution is 2.48. The van der Waals surface area contributed by atoms with Crippen LogP contribution in [-0.2, 0) is 12.8 Å². The number of rotatable bonds is 10. The average molecular weight is 523 g/mol. The molecule has 1 fully saturated rings. The molecule has 0 saturated carbocycles. The predicted octanol–water partition coefficient (Wildman–Crippen LogP) is 6.11. The first kappa shape index (κ1) is 27.1. The molecule has 3 heterocycles. The summed E-state index contributed by atoms with van der Waals surface area (Å²) in [5, 5.41) is 3.87. The van der Waals surface area contributed by atoms with E-state index in [1.165, 1.54) is 41.6 Å². The second-order valence-corrected chi connectivity index (χ2v) is 11.2. The summed E-state index contributed by atoms with van der Waals surface area (Å²) in [4.78, 5) is 2.73. The van der Waals surface area contributed by atoms with Gasteiger partial charge < -0.3 is 24.3 Å². The third kappa shape index (κ3) is 5.35. The zero-order chi connectivity index (χ0) is 26.6. The van der Waals surface area contributed by atoms with Crippen molar-refractivity contribution < 1.29 is 18.9 Å². The monoisotopic (exact) mass is 522 g/mol. The summed E-state index contributed by atoms with van der Waals surface area (Å²) in [7, 11) is 5.22. The van der Waals surface area contributed by atoms with Gasteiger partial charge >= 0.3 is 0 Å². The van der Waals surface area contributed by atoms with Gasteiger partial charge in [0.1, 0.15) is 0 Å². The van der Waals surface area contributed by atoms with Crippen LogP contribution >= 0.6 is 0 Å². The van der Waals surface area contributed by atoms with E-state index in [9.17, 15) is 0 Å². The van der Waals surface area contributed by atoms with Gasteiger partial charge in [-0.2, -0.15) is 0 Å². The maximum absolute atomic E-state index is 6.11. The fourth-order valence-electron chi connectivity index (χ4n) is 7.02. The molecule has 6 heteroatoms. The fourth-order valence-corrected chi connectivity index (χ4v) is 7.02. The maximum Gasteiger partial charge on any atom is 0.161 e. The molecule has 0 amide bonds. The summed E-state index contributed by atoms with van der Waals surface area (Å²) in [6, 6.07) is 9.73. The second kappa shape index (κ2) is 12.2. The lowest BCUT2D eigenvalue weighted by Gasteiger charge is -2.48. The van der Waals surface area contributed by atoms with Crippen molar-refractivity contribution in [3.05, 3.63) is 46.5 Å². The molecule has 3 aliphatic rings. The molecule has 6 nitrogen and oxygen atoms in total. The summed E-state index contributed by atoms with van der Waals surface area (Å²) >= 11 is 0. The Kier molecular flexibility index (Phi) is 8.69. The molecule has 1 N–H and O–H groups in total. The molecule has 0 spiro atoms. The van der Waals surface area contributed by atoms with Gasteiger partial charge in [0, 0.05) is 25.2 Å². The second-order valence-electron chi connectivity index (χ2n) is 11.2. The van der Waals surface area contributed by atoms with Crippen LogP contribution in [0.25, 0.3) is 0 Å². The molecule has 0 bridgehead atoms. The van der Waals surface area contributed by atoms with E-state index in [1.807, 2.05) is 0 Å². The number of nitrogens with one attached hydrogen (secondary N) is 1. The first-order valence-corrected chi connectivity index (χ1v) is 14.7. The largest absolute Gasteiger partial charge is 0.493 e. The number of hydrogen-bond donors (Lipinski definition) is 1. The van der Waals surface area contributed by atoms with Crippen LogP contribution in [0.3, 0.4) is 0 Å². The number of methoxy groups -OCH3 is 3. The Morgan fingerprint density at radius 3 is 2.26 bits per heavy atom. The van der Waals surface area contributed by atoms with Crippen molar-refractivity contribution in [2.45, 2.75) is 70.9 Å². The van der Waals surface area contributed by atoms with Crippen molar-refractivity contribution in [1.29, 1.82) is 0 Å². The number of nitrogens with zero attached hydrogens (tertiary/aromatic N) is 1. The lowest BCUT2D eigenvalue weighted by Crippen LogP contribution is -2.46. The average Bonchev–Trinajstić information content (AvgIpc) is 2.95. The van der Waals surface area contributed by atoms with E-state index in [1.54, 1.807) is 21.3 Å². The molecule has 0 unspecified atom stereocenters. The van der Waals surface area contributed by atoms with Crippen LogP contribution in [0.1, 0.15) is 80.3 Å². The molecule has 0 aliphatic carbocycles. The zero-order valence-corrected chi connectivity index (χ0v) is 24.0. The van der Waals surface area contributed by atoms with Gasteiger partial charge in [-0.05, 0) is 97.0 Å². The van der Waals surface area contributed by atoms with Gasteiger partial charge in [0.05, 0.1) is 27.9 Å². The molecular weight excluding hydrogens is 476 g/mol. The Morgan fingerprint density at radius 1 is 0.842 bits per heavy atom. The SMILES string of the molecule is CCCCOc1cc2c(cc1OC)[C@@H](C[C@H]1C[C@H]3c4cc(OC)c(OC)cc4CCN3C[C@@H]1CC)NCC2. The molecular formula is C32H46N2O4. The van der Waals surface area contributed by atoms with Crippen LogP contribution in [0, 0.1) is 11.8 Å². The van der Waals surface area contributed by atoms with Gasteiger partial charge in [0.15, 0.2) is 23.0 Å². The summed E-state index contributed by atoms with van der Waals surface area (Å²) in [5.74, 6) is 4.79. The maximum atomic E-state index is 6.11. The predicted molar refractivity (Wildman–Crippen MR) is 152 cm³/mol. The van der Waals surface area contributed by atoms with Crippen molar-refractivity contribution in [2.24, 2.45) is 11.8 Å². The van der Waals surface area contributed by atoms with Crippen LogP contribution in [-0.4, -0.2) is 52.5 Å². The van der Waals surface area contributed by atoms with Crippen molar-refractivity contribution in [3.8, 4) is 23.0 Å². The number of benzene rings is 2. The Hall–Kier alpha value is -2.44. The number of piperidine rings is 1. The fraction of sp³-hybridized carbons (Fsp3) is 0.625. The summed E-state index contributed by atoms with van der Waals surface area (Å²) < 4.78 is 23.2. The number of unbranched alkanes of at least 4 members (excludes halogenated alkanes) is 1. The third-order valence-corrected chi connectivity index (χ3v) is 9.18. The van der Waals surface area contributed by atoms with Crippen molar-refractivity contribution in [3.63, 3.8) is 0 Å². The van der Waals surface area contributed by atoms with E-state index in [4.69, 9.17) is 18.9 Å². The Bertz CT molecular complexity index is 1100. The third-order valence-electron chi connectivity index (χ3n) is 9.18. The smallest absolute Gasteiger partial charge is 0.161 e. The highest BCUT2D eigenvalue weighted by atomic mass is 16.5. The molecule has 5 rings (SSSR count). The lowest BCUT2D eigenvalue weighted by molar-refractivity contribution is 0.0434. The zero-order valence-electron chi connectivity index (χ0n) is 24.0. The van der Waals surface area contributed by atoms with E-state index in [0.717, 1.165) is 74.8 Å². The van der Waals surface area contributed by atoms with Crippen LogP contribution in [0.5, 0.6) is 23.0 Å². The molecule has 2 aromatic carbocycles. The van der Waals surface area contributed by atoms with Crippen molar-refractivity contribution in [2.75, 3.05) is 47.6 Å². The summed E-state index contributed by atoms with van der Waals surface area (Å²) in [5.41, 5.74) is 5.65. The topological polar surface area (TPSA) is 52.2 Å². The molecule has 208 valence electrons. The van der Waals surface area contributed by atoms with E-state index in [0.29, 0.717) is 23.9 Å². The molecule has 1 saturated heterocycles. The Labute approximate surface area is 229 Å². The van der Waals surface area contributed by atoms with E-state index in [2.05, 4.69) is 48.3 Å². The van der Waals surface area contributed by atoms with Gasteiger partial charge in [-0.3, -0.25) is 4.90 Å². The van der Waals surface area contributed by atoms with E-state index < -0.39 is 0 Å². The minimum Gasteiger partial charge on any atom is -0.493 e. The lowest BCUT2D eigenvalue weighted by atomic mass is 9.72. The van der Waals surface area contributed by atoms with Crippen LogP contribution < -0.4 is 24.3 Å². The normalized spacial score (nSPS) is 24.7. The van der Waals surface area contributed by atoms with Crippen LogP contribution in [0.15, 0.2) is 24.3 Å². The first-order chi connectivity index (χ1) is 18.6. The summed E-state index contributed by atoms with van der Waals surface area (Å²) in [6.45, 7) is 8.61. The van der Waals surface area contributed by atoms with Crippen LogP contribution in [0.2, 0.25) is 0 Å². The quantitative estimate of drug-likeness (QED) is 0.380. The van der Waals surface area contributed by atoms with Gasteiger partial charge in [-0.25, -0.2) is 0 Å². The number of hydrogen-bond acceptors (Lipinski definition) is 6. The van der Waals surface area contributed by atoms with Crippen LogP contribution in [0.4, 0.5) is 0 Å². The molecule has 0 aromatic heterocycles. The molecule has 38 heavy (non-hydrogen) atoms. The standard InChI is InChI=1S/C32H46N2O4/c1-6-8-13-38-32-17-22-9-11-33-27(25(22)18-31(32)37-5)14-24-15-28-26-19-30(36-4)29(35-3)16-23(26)10-12-34(28)20-21(24)7-2/h16-19,21,24,27-28,33H,6-15,20H2,1-5H3/t21-,24-,27+,28-/m0/s1. The van der Waals surface area contributed by atoms with E-state index >= 15 is 0 Å². The number of ether oxygens (including phenoxy) is 4. The molecule has 3 aliphatic heterocycles. The van der Waals surface area contributed by atoms with Crippen molar-refractivity contribution >= 4 is 0 Å². The van der Waals surface area contributed by atoms with E-state index in [-0.39, 0.29) is 0 Å². The molecule has 4 atom stereocenters. The number of fused-ring (bicyclic) bond motifs is 4. The first-order valence-electron chi connectivity index (χ1n) is 14.7. The van der Waals surface area contributed by atoms with Crippen molar-refractivity contribution in [1.82, 2.24) is 10.2 Å². The van der Waals surface area contributed by atoms with Gasteiger partial charge in [-0.15, -0.1) is 0 Å². The Balaban J connectivity index is 1.39. The van der Waals surface area contributed by atoms with Gasteiger partial charge in [0.25, 0.3) is 0 Å². The van der Waals surface area contributed by atoms with Gasteiger partial charge in [0.2, 0.25) is 0 Å². The van der Waals surface area contributed by atoms with Gasteiger partial charge in [-0.1, -0.05) is 26.7 Å². The highest BCUT2D eigenvalue weighted by Gasteiger charge is 2.40. The minimum atomic E-state index is 0.344. The highest BCUT2D eigenvalue weighted by molar-refractivity contribution is 5.51. The molecule has 2 aromatic rings. The molecule has 0 radical (unpaired) electrons. The minimum absolute atomic E-state index is 0.344.